The SMILES string of the molecule is O=C(Nc1ccc(F)cc1)NC1CCN(C(=O)CCc2ccc(Br)cc2F)C1. The number of amides is 3. The van der Waals surface area contributed by atoms with Crippen molar-refractivity contribution in [3.63, 3.8) is 0 Å². The fourth-order valence-electron chi connectivity index (χ4n) is 3.11. The van der Waals surface area contributed by atoms with Gasteiger partial charge in [0.05, 0.1) is 0 Å². The predicted molar refractivity (Wildman–Crippen MR) is 106 cm³/mol. The fourth-order valence-corrected chi connectivity index (χ4v) is 3.45. The van der Waals surface area contributed by atoms with Crippen LogP contribution in [0.15, 0.2) is 46.9 Å². The van der Waals surface area contributed by atoms with Crippen LogP contribution < -0.4 is 10.6 Å². The van der Waals surface area contributed by atoms with Gasteiger partial charge in [-0.25, -0.2) is 13.6 Å². The summed E-state index contributed by atoms with van der Waals surface area (Å²) in [5.41, 5.74) is 0.991. The molecule has 1 aliphatic heterocycles. The van der Waals surface area contributed by atoms with Crippen LogP contribution in [0.25, 0.3) is 0 Å². The molecule has 0 radical (unpaired) electrons. The molecule has 0 spiro atoms. The average Bonchev–Trinajstić information content (AvgIpc) is 3.11. The second kappa shape index (κ2) is 9.14. The summed E-state index contributed by atoms with van der Waals surface area (Å²) in [4.78, 5) is 26.1. The number of hydrogen-bond donors (Lipinski definition) is 2. The van der Waals surface area contributed by atoms with Gasteiger partial charge < -0.3 is 15.5 Å². The number of hydrogen-bond acceptors (Lipinski definition) is 2. The molecule has 0 aromatic heterocycles. The molecular weight excluding hydrogens is 432 g/mol. The van der Waals surface area contributed by atoms with Crippen LogP contribution in [0, 0.1) is 11.6 Å². The first-order chi connectivity index (χ1) is 13.4. The molecule has 5 nitrogen and oxygen atoms in total. The highest BCUT2D eigenvalue weighted by Crippen LogP contribution is 2.18. The molecule has 3 rings (SSSR count). The molecule has 0 saturated carbocycles. The summed E-state index contributed by atoms with van der Waals surface area (Å²) in [6, 6.07) is 9.71. The lowest BCUT2D eigenvalue weighted by Crippen LogP contribution is -2.40. The Labute approximate surface area is 170 Å². The van der Waals surface area contributed by atoms with Gasteiger partial charge in [0, 0.05) is 35.7 Å². The zero-order chi connectivity index (χ0) is 20.1. The number of halogens is 3. The number of rotatable bonds is 5. The van der Waals surface area contributed by atoms with E-state index in [1.54, 1.807) is 17.0 Å². The van der Waals surface area contributed by atoms with Crippen LogP contribution in [-0.4, -0.2) is 36.0 Å². The predicted octanol–water partition coefficient (Wildman–Crippen LogP) is 4.08. The van der Waals surface area contributed by atoms with Gasteiger partial charge in [0.2, 0.25) is 5.91 Å². The Bertz CT molecular complexity index is 861. The van der Waals surface area contributed by atoms with Crippen LogP contribution in [0.5, 0.6) is 0 Å². The van der Waals surface area contributed by atoms with Crippen molar-refractivity contribution in [3.05, 3.63) is 64.1 Å². The molecule has 3 amide bonds. The van der Waals surface area contributed by atoms with E-state index in [0.29, 0.717) is 41.7 Å². The highest BCUT2D eigenvalue weighted by molar-refractivity contribution is 9.10. The molecule has 1 unspecified atom stereocenters. The van der Waals surface area contributed by atoms with Gasteiger partial charge in [-0.3, -0.25) is 4.79 Å². The van der Waals surface area contributed by atoms with E-state index in [1.165, 1.54) is 30.3 Å². The number of nitrogens with one attached hydrogen (secondary N) is 2. The minimum Gasteiger partial charge on any atom is -0.341 e. The van der Waals surface area contributed by atoms with E-state index in [-0.39, 0.29) is 30.0 Å². The lowest BCUT2D eigenvalue weighted by Gasteiger charge is -2.17. The van der Waals surface area contributed by atoms with E-state index in [2.05, 4.69) is 26.6 Å². The summed E-state index contributed by atoms with van der Waals surface area (Å²) in [6.45, 7) is 0.960. The average molecular weight is 452 g/mol. The normalized spacial score (nSPS) is 16.1. The number of likely N-dealkylation sites (tertiary alicyclic amines) is 1. The lowest BCUT2D eigenvalue weighted by atomic mass is 10.1. The Hall–Kier alpha value is -2.48. The van der Waals surface area contributed by atoms with E-state index in [9.17, 15) is 18.4 Å². The maximum absolute atomic E-state index is 13.9. The second-order valence-electron chi connectivity index (χ2n) is 6.67. The number of urea groups is 1. The van der Waals surface area contributed by atoms with Crippen LogP contribution in [0.2, 0.25) is 0 Å². The van der Waals surface area contributed by atoms with Gasteiger partial charge in [-0.15, -0.1) is 0 Å². The van der Waals surface area contributed by atoms with E-state index >= 15 is 0 Å². The molecule has 8 heteroatoms. The molecule has 0 aliphatic carbocycles. The van der Waals surface area contributed by atoms with Crippen molar-refractivity contribution in [2.45, 2.75) is 25.3 Å². The van der Waals surface area contributed by atoms with Crippen molar-refractivity contribution < 1.29 is 18.4 Å². The highest BCUT2D eigenvalue weighted by atomic mass is 79.9. The molecule has 2 aromatic rings. The van der Waals surface area contributed by atoms with Gasteiger partial charge in [-0.1, -0.05) is 22.0 Å². The molecule has 0 bridgehead atoms. The maximum Gasteiger partial charge on any atom is 0.319 e. The lowest BCUT2D eigenvalue weighted by molar-refractivity contribution is -0.130. The molecule has 1 heterocycles. The summed E-state index contributed by atoms with van der Waals surface area (Å²) in [7, 11) is 0. The van der Waals surface area contributed by atoms with Crippen molar-refractivity contribution in [2.24, 2.45) is 0 Å². The summed E-state index contributed by atoms with van der Waals surface area (Å²) in [5.74, 6) is -0.773. The first kappa shape index (κ1) is 20.3. The topological polar surface area (TPSA) is 61.4 Å². The van der Waals surface area contributed by atoms with Crippen LogP contribution >= 0.6 is 15.9 Å². The summed E-state index contributed by atoms with van der Waals surface area (Å²) >= 11 is 3.21. The molecular formula is C20H20BrF2N3O2. The third kappa shape index (κ3) is 5.51. The zero-order valence-corrected chi connectivity index (χ0v) is 16.6. The van der Waals surface area contributed by atoms with Crippen LogP contribution in [0.1, 0.15) is 18.4 Å². The van der Waals surface area contributed by atoms with Crippen molar-refractivity contribution in [1.82, 2.24) is 10.2 Å². The molecule has 2 aromatic carbocycles. The Morgan fingerprint density at radius 1 is 1.14 bits per heavy atom. The quantitative estimate of drug-likeness (QED) is 0.719. The Morgan fingerprint density at radius 2 is 1.89 bits per heavy atom. The molecule has 1 fully saturated rings. The summed E-state index contributed by atoms with van der Waals surface area (Å²) in [6.07, 6.45) is 1.19. The van der Waals surface area contributed by atoms with E-state index in [0.717, 1.165) is 0 Å². The minimum absolute atomic E-state index is 0.0643. The Morgan fingerprint density at radius 3 is 2.61 bits per heavy atom. The maximum atomic E-state index is 13.9. The van der Waals surface area contributed by atoms with E-state index in [4.69, 9.17) is 0 Å². The molecule has 148 valence electrons. The summed E-state index contributed by atoms with van der Waals surface area (Å²) in [5, 5.41) is 5.44. The number of aryl methyl sites for hydroxylation is 1. The van der Waals surface area contributed by atoms with Gasteiger partial charge >= 0.3 is 6.03 Å². The third-order valence-corrected chi connectivity index (χ3v) is 5.09. The van der Waals surface area contributed by atoms with E-state index < -0.39 is 6.03 Å². The number of nitrogens with zero attached hydrogens (tertiary/aromatic N) is 1. The number of benzene rings is 2. The minimum atomic E-state index is -0.400. The largest absolute Gasteiger partial charge is 0.341 e. The number of carbonyl (C=O) groups excluding carboxylic acids is 2. The molecule has 1 atom stereocenters. The van der Waals surface area contributed by atoms with Crippen molar-refractivity contribution in [1.29, 1.82) is 0 Å². The van der Waals surface area contributed by atoms with Gasteiger partial charge in [0.15, 0.2) is 0 Å². The molecule has 1 aliphatic rings. The molecule has 2 N–H and O–H groups in total. The highest BCUT2D eigenvalue weighted by Gasteiger charge is 2.27. The smallest absolute Gasteiger partial charge is 0.319 e. The van der Waals surface area contributed by atoms with Crippen LogP contribution in [0.4, 0.5) is 19.3 Å². The zero-order valence-electron chi connectivity index (χ0n) is 15.1. The number of anilines is 1. The van der Waals surface area contributed by atoms with E-state index in [1.807, 2.05) is 0 Å². The van der Waals surface area contributed by atoms with Gasteiger partial charge in [0.25, 0.3) is 0 Å². The third-order valence-electron chi connectivity index (χ3n) is 4.60. The first-order valence-corrected chi connectivity index (χ1v) is 9.75. The van der Waals surface area contributed by atoms with Crippen LogP contribution in [-0.2, 0) is 11.2 Å². The fraction of sp³-hybridized carbons (Fsp3) is 0.300. The molecule has 1 saturated heterocycles. The van der Waals surface area contributed by atoms with Crippen molar-refractivity contribution in [2.75, 3.05) is 18.4 Å². The molecule has 28 heavy (non-hydrogen) atoms. The van der Waals surface area contributed by atoms with Gasteiger partial charge in [-0.2, -0.15) is 0 Å². The van der Waals surface area contributed by atoms with Gasteiger partial charge in [0.1, 0.15) is 11.6 Å². The van der Waals surface area contributed by atoms with Crippen LogP contribution in [0.3, 0.4) is 0 Å². The number of carbonyl (C=O) groups is 2. The monoisotopic (exact) mass is 451 g/mol. The standard InChI is InChI=1S/C20H20BrF2N3O2/c21-14-3-1-13(18(23)11-14)2-8-19(27)26-10-9-17(12-26)25-20(28)24-16-6-4-15(22)5-7-16/h1,3-7,11,17H,2,8-10,12H2,(H2,24,25,28). The van der Waals surface area contributed by atoms with Gasteiger partial charge in [-0.05, 0) is 54.8 Å². The second-order valence-corrected chi connectivity index (χ2v) is 7.58. The summed E-state index contributed by atoms with van der Waals surface area (Å²) < 4.78 is 27.4. The Balaban J connectivity index is 1.44. The van der Waals surface area contributed by atoms with Crippen molar-refractivity contribution >= 4 is 33.6 Å². The Kier molecular flexibility index (Phi) is 6.61. The van der Waals surface area contributed by atoms with Crippen molar-refractivity contribution in [3.8, 4) is 0 Å². The first-order valence-electron chi connectivity index (χ1n) is 8.95.